The molecule has 0 radical (unpaired) electrons. The first-order valence-corrected chi connectivity index (χ1v) is 9.25. The Labute approximate surface area is 164 Å². The average molecular weight is 424 g/mol. The predicted octanol–water partition coefficient (Wildman–Crippen LogP) is 4.52. The summed E-state index contributed by atoms with van der Waals surface area (Å²) in [6.07, 6.45) is -16.0. The van der Waals surface area contributed by atoms with Gasteiger partial charge in [-0.1, -0.05) is 29.8 Å². The van der Waals surface area contributed by atoms with E-state index in [4.69, 9.17) is 0 Å². The first-order valence-electron chi connectivity index (χ1n) is 9.25. The van der Waals surface area contributed by atoms with Crippen molar-refractivity contribution in [3.8, 4) is 0 Å². The lowest BCUT2D eigenvalue weighted by Crippen LogP contribution is -2.60. The Hall–Kier alpha value is -1.97. The van der Waals surface area contributed by atoms with Crippen LogP contribution in [-0.4, -0.2) is 60.5 Å². The van der Waals surface area contributed by atoms with Crippen LogP contribution in [0.25, 0.3) is 0 Å². The van der Waals surface area contributed by atoms with Crippen molar-refractivity contribution >= 4 is 6.09 Å². The molecule has 2 aliphatic heterocycles. The molecule has 1 spiro atoms. The normalized spacial score (nSPS) is 20.1. The van der Waals surface area contributed by atoms with Crippen LogP contribution in [-0.2, 0) is 11.3 Å². The molecule has 0 bridgehead atoms. The fraction of sp³-hybridized carbons (Fsp3) is 0.632. The van der Waals surface area contributed by atoms with E-state index in [1.807, 2.05) is 19.1 Å². The summed E-state index contributed by atoms with van der Waals surface area (Å²) < 4.78 is 79.1. The second-order valence-corrected chi connectivity index (χ2v) is 7.96. The van der Waals surface area contributed by atoms with E-state index in [2.05, 4.69) is 21.8 Å². The first-order chi connectivity index (χ1) is 13.4. The second-order valence-electron chi connectivity index (χ2n) is 7.96. The molecule has 1 aromatic carbocycles. The number of alkyl halides is 6. The Bertz CT molecular complexity index is 702. The van der Waals surface area contributed by atoms with E-state index in [-0.39, 0.29) is 18.5 Å². The van der Waals surface area contributed by atoms with Crippen molar-refractivity contribution in [1.29, 1.82) is 0 Å². The molecule has 3 rings (SSSR count). The van der Waals surface area contributed by atoms with Crippen LogP contribution in [0.5, 0.6) is 0 Å². The van der Waals surface area contributed by atoms with Crippen LogP contribution in [0.3, 0.4) is 0 Å². The minimum atomic E-state index is -5.70. The molecule has 0 aromatic heterocycles. The summed E-state index contributed by atoms with van der Waals surface area (Å²) >= 11 is 0. The van der Waals surface area contributed by atoms with Gasteiger partial charge >= 0.3 is 18.4 Å². The molecule has 2 aliphatic rings. The number of hydrogen-bond donors (Lipinski definition) is 0. The summed E-state index contributed by atoms with van der Waals surface area (Å²) in [5, 5.41) is 0. The molecule has 0 atom stereocenters. The molecule has 2 saturated heterocycles. The van der Waals surface area contributed by atoms with Gasteiger partial charge in [-0.2, -0.15) is 26.3 Å². The number of nitrogens with zero attached hydrogens (tertiary/aromatic N) is 2. The molecule has 162 valence electrons. The molecule has 0 N–H and O–H groups in total. The highest BCUT2D eigenvalue weighted by Gasteiger charge is 2.60. The lowest BCUT2D eigenvalue weighted by molar-refractivity contribution is -0.308. The summed E-state index contributed by atoms with van der Waals surface area (Å²) in [6, 6.07) is 8.17. The number of hydrogen-bond acceptors (Lipinski definition) is 3. The van der Waals surface area contributed by atoms with Gasteiger partial charge in [0, 0.05) is 32.7 Å². The van der Waals surface area contributed by atoms with Gasteiger partial charge in [0.1, 0.15) is 0 Å². The predicted molar refractivity (Wildman–Crippen MR) is 92.1 cm³/mol. The molecule has 0 aliphatic carbocycles. The van der Waals surface area contributed by atoms with Gasteiger partial charge in [0.25, 0.3) is 6.10 Å². The molecular formula is C19H22F6N2O2. The molecule has 0 unspecified atom stereocenters. The van der Waals surface area contributed by atoms with E-state index in [1.165, 1.54) is 11.1 Å². The maximum atomic E-state index is 12.6. The number of benzene rings is 1. The summed E-state index contributed by atoms with van der Waals surface area (Å²) in [7, 11) is 0. The smallest absolute Gasteiger partial charge is 0.426 e. The monoisotopic (exact) mass is 424 g/mol. The number of carbonyl (C=O) groups excluding carboxylic acids is 1. The first kappa shape index (κ1) is 21.7. The number of halogens is 6. The maximum absolute atomic E-state index is 12.6. The highest BCUT2D eigenvalue weighted by atomic mass is 19.4. The Morgan fingerprint density at radius 1 is 1.03 bits per heavy atom. The summed E-state index contributed by atoms with van der Waals surface area (Å²) in [6.45, 7) is 4.54. The fourth-order valence-corrected chi connectivity index (χ4v) is 3.94. The van der Waals surface area contributed by atoms with Crippen molar-refractivity contribution in [2.75, 3.05) is 26.2 Å². The van der Waals surface area contributed by atoms with Gasteiger partial charge in [-0.05, 0) is 30.7 Å². The Kier molecular flexibility index (Phi) is 5.77. The largest absolute Gasteiger partial charge is 0.434 e. The quantitative estimate of drug-likeness (QED) is 0.669. The van der Waals surface area contributed by atoms with Crippen LogP contribution >= 0.6 is 0 Å². The molecule has 1 amide bonds. The van der Waals surface area contributed by atoms with E-state index in [0.29, 0.717) is 12.8 Å². The lowest BCUT2D eigenvalue weighted by atomic mass is 9.72. The van der Waals surface area contributed by atoms with Gasteiger partial charge in [-0.25, -0.2) is 4.79 Å². The summed E-state index contributed by atoms with van der Waals surface area (Å²) in [5.41, 5.74) is 2.30. The second kappa shape index (κ2) is 7.70. The third kappa shape index (κ3) is 5.15. The molecule has 2 heterocycles. The van der Waals surface area contributed by atoms with Gasteiger partial charge < -0.3 is 9.64 Å². The molecule has 0 saturated carbocycles. The van der Waals surface area contributed by atoms with Gasteiger partial charge in [-0.3, -0.25) is 4.90 Å². The minimum Gasteiger partial charge on any atom is -0.426 e. The van der Waals surface area contributed by atoms with E-state index in [1.54, 1.807) is 0 Å². The van der Waals surface area contributed by atoms with Crippen molar-refractivity contribution < 1.29 is 35.9 Å². The van der Waals surface area contributed by atoms with Crippen molar-refractivity contribution in [2.24, 2.45) is 5.41 Å². The number of piperidine rings is 1. The fourth-order valence-electron chi connectivity index (χ4n) is 3.94. The third-order valence-electron chi connectivity index (χ3n) is 5.54. The number of likely N-dealkylation sites (tertiary alicyclic amines) is 2. The van der Waals surface area contributed by atoms with Crippen LogP contribution in [0.4, 0.5) is 31.1 Å². The van der Waals surface area contributed by atoms with Gasteiger partial charge in [-0.15, -0.1) is 0 Å². The van der Waals surface area contributed by atoms with Crippen LogP contribution in [0.1, 0.15) is 24.0 Å². The zero-order chi connectivity index (χ0) is 21.4. The van der Waals surface area contributed by atoms with Crippen molar-refractivity contribution in [3.63, 3.8) is 0 Å². The number of amides is 1. The minimum absolute atomic E-state index is 0.0467. The SMILES string of the molecule is Cc1ccc(CN2CC3(CCN(C(=O)OC(C(F)(F)F)C(F)(F)F)CC3)C2)cc1. The number of carbonyl (C=O) groups is 1. The van der Waals surface area contributed by atoms with Crippen molar-refractivity contribution in [2.45, 2.75) is 44.8 Å². The molecule has 10 heteroatoms. The van der Waals surface area contributed by atoms with Gasteiger partial charge in [0.2, 0.25) is 0 Å². The zero-order valence-corrected chi connectivity index (χ0v) is 15.8. The lowest BCUT2D eigenvalue weighted by Gasteiger charge is -2.54. The summed E-state index contributed by atoms with van der Waals surface area (Å²) in [4.78, 5) is 15.0. The number of aryl methyl sites for hydroxylation is 1. The maximum Gasteiger partial charge on any atom is 0.434 e. The van der Waals surface area contributed by atoms with Gasteiger partial charge in [0.05, 0.1) is 0 Å². The molecule has 2 fully saturated rings. The molecule has 1 aromatic rings. The Morgan fingerprint density at radius 3 is 2.03 bits per heavy atom. The van der Waals surface area contributed by atoms with E-state index in [9.17, 15) is 31.1 Å². The standard InChI is InChI=1S/C19H22F6N2O2/c1-13-2-4-14(5-3-13)10-26-11-17(12-26)6-8-27(9-7-17)16(28)29-15(18(20,21)22)19(23,24)25/h2-5,15H,6-12H2,1H3. The molecular weight excluding hydrogens is 402 g/mol. The number of rotatable bonds is 3. The van der Waals surface area contributed by atoms with E-state index >= 15 is 0 Å². The topological polar surface area (TPSA) is 32.8 Å². The van der Waals surface area contributed by atoms with E-state index in [0.717, 1.165) is 24.5 Å². The summed E-state index contributed by atoms with van der Waals surface area (Å²) in [5.74, 6) is 0. The highest BCUT2D eigenvalue weighted by molar-refractivity contribution is 5.68. The zero-order valence-electron chi connectivity index (χ0n) is 15.8. The third-order valence-corrected chi connectivity index (χ3v) is 5.54. The van der Waals surface area contributed by atoms with Crippen LogP contribution in [0.15, 0.2) is 24.3 Å². The number of ether oxygens (including phenoxy) is 1. The average Bonchev–Trinajstić information content (AvgIpc) is 2.58. The Balaban J connectivity index is 1.48. The van der Waals surface area contributed by atoms with Gasteiger partial charge in [0.15, 0.2) is 0 Å². The Morgan fingerprint density at radius 2 is 1.55 bits per heavy atom. The molecule has 29 heavy (non-hydrogen) atoms. The van der Waals surface area contributed by atoms with Crippen molar-refractivity contribution in [3.05, 3.63) is 35.4 Å². The van der Waals surface area contributed by atoms with Crippen LogP contribution in [0, 0.1) is 12.3 Å². The molecule has 4 nitrogen and oxygen atoms in total. The van der Waals surface area contributed by atoms with Crippen LogP contribution < -0.4 is 0 Å². The van der Waals surface area contributed by atoms with E-state index < -0.39 is 24.5 Å². The van der Waals surface area contributed by atoms with Crippen LogP contribution in [0.2, 0.25) is 0 Å². The van der Waals surface area contributed by atoms with Crippen molar-refractivity contribution in [1.82, 2.24) is 9.80 Å². The highest BCUT2D eigenvalue weighted by Crippen LogP contribution is 2.42.